The van der Waals surface area contributed by atoms with Gasteiger partial charge in [-0.05, 0) is 37.9 Å². The average molecular weight is 576 g/mol. The minimum Gasteiger partial charge on any atom is -0.469 e. The number of alkyl halides is 3. The number of ether oxygens (including phenoxy) is 4. The summed E-state index contributed by atoms with van der Waals surface area (Å²) >= 11 is 0. The van der Waals surface area contributed by atoms with Crippen LogP contribution in [-0.4, -0.2) is 89.8 Å². The first kappa shape index (κ1) is 33.1. The van der Waals surface area contributed by atoms with Crippen LogP contribution in [0.2, 0.25) is 0 Å². The third kappa shape index (κ3) is 10.8. The number of benzene rings is 1. The molecule has 224 valence electrons. The van der Waals surface area contributed by atoms with Gasteiger partial charge in [0.15, 0.2) is 0 Å². The maximum atomic E-state index is 13.2. The van der Waals surface area contributed by atoms with Crippen molar-refractivity contribution in [3.63, 3.8) is 0 Å². The van der Waals surface area contributed by atoms with Crippen molar-refractivity contribution in [2.24, 2.45) is 16.0 Å². The van der Waals surface area contributed by atoms with E-state index in [1.54, 1.807) is 0 Å². The van der Waals surface area contributed by atoms with Crippen molar-refractivity contribution in [3.8, 4) is 0 Å². The Morgan fingerprint density at radius 3 is 2.05 bits per heavy atom. The van der Waals surface area contributed by atoms with Crippen LogP contribution in [0.3, 0.4) is 0 Å². The summed E-state index contributed by atoms with van der Waals surface area (Å²) in [4.78, 5) is 37.0. The van der Waals surface area contributed by atoms with Crippen molar-refractivity contribution < 1.29 is 46.5 Å². The molecule has 0 spiro atoms. The zero-order valence-electron chi connectivity index (χ0n) is 22.3. The predicted octanol–water partition coefficient (Wildman–Crippen LogP) is 1.82. The van der Waals surface area contributed by atoms with E-state index in [1.165, 1.54) is 19.2 Å². The highest BCUT2D eigenvalue weighted by Crippen LogP contribution is 2.52. The molecule has 1 aliphatic heterocycles. The van der Waals surface area contributed by atoms with Gasteiger partial charge in [0.2, 0.25) is 5.91 Å². The third-order valence-corrected chi connectivity index (χ3v) is 5.73. The van der Waals surface area contributed by atoms with Crippen LogP contribution in [0, 0.1) is 0 Å². The molecule has 2 rings (SSSR count). The fraction of sp³-hybridized carbons (Fsp3) is 0.640. The van der Waals surface area contributed by atoms with E-state index in [1.807, 2.05) is 0 Å². The van der Waals surface area contributed by atoms with E-state index in [-0.39, 0.29) is 30.5 Å². The number of halogens is 3. The Labute approximate surface area is 230 Å². The molecule has 40 heavy (non-hydrogen) atoms. The smallest absolute Gasteiger partial charge is 0.442 e. The van der Waals surface area contributed by atoms with Crippen LogP contribution in [-0.2, 0) is 34.2 Å². The van der Waals surface area contributed by atoms with Gasteiger partial charge in [-0.25, -0.2) is 0 Å². The number of methoxy groups -OCH3 is 1. The number of hydrogen-bond acceptors (Lipinski definition) is 10. The Bertz CT molecular complexity index is 971. The molecule has 0 unspecified atom stereocenters. The molecule has 0 saturated heterocycles. The minimum atomic E-state index is -4.69. The van der Waals surface area contributed by atoms with E-state index in [2.05, 4.69) is 25.6 Å². The number of esters is 1. The molecular weight excluding hydrogens is 539 g/mol. The van der Waals surface area contributed by atoms with Crippen molar-refractivity contribution >= 4 is 17.8 Å². The van der Waals surface area contributed by atoms with Gasteiger partial charge in [0, 0.05) is 37.3 Å². The molecule has 1 aromatic carbocycles. The molecule has 1 atom stereocenters. The highest BCUT2D eigenvalue weighted by Gasteiger charge is 2.65. The summed E-state index contributed by atoms with van der Waals surface area (Å²) in [6, 6.07) is 3.50. The first-order valence-corrected chi connectivity index (χ1v) is 12.8. The zero-order chi connectivity index (χ0) is 29.4. The summed E-state index contributed by atoms with van der Waals surface area (Å²) in [5.41, 5.74) is 2.57. The molecule has 1 aliphatic rings. The monoisotopic (exact) mass is 575 g/mol. The van der Waals surface area contributed by atoms with Gasteiger partial charge < -0.3 is 35.3 Å². The molecule has 4 N–H and O–H groups in total. The number of hydrogen-bond donors (Lipinski definition) is 3. The lowest BCUT2D eigenvalue weighted by Gasteiger charge is -2.19. The Morgan fingerprint density at radius 1 is 0.950 bits per heavy atom. The van der Waals surface area contributed by atoms with Crippen LogP contribution in [0.4, 0.5) is 13.2 Å². The lowest BCUT2D eigenvalue weighted by molar-refractivity contribution is -0.166. The van der Waals surface area contributed by atoms with E-state index >= 15 is 0 Å². The number of nitrogens with one attached hydrogen (secondary N) is 2. The lowest BCUT2D eigenvalue weighted by Crippen LogP contribution is -2.47. The second kappa shape index (κ2) is 16.8. The van der Waals surface area contributed by atoms with Crippen LogP contribution in [0.1, 0.15) is 41.6 Å². The maximum absolute atomic E-state index is 13.2. The van der Waals surface area contributed by atoms with Gasteiger partial charge in [0.25, 0.3) is 5.91 Å². The first-order chi connectivity index (χ1) is 19.1. The summed E-state index contributed by atoms with van der Waals surface area (Å²) < 4.78 is 60.3. The van der Waals surface area contributed by atoms with E-state index in [0.717, 1.165) is 18.6 Å². The van der Waals surface area contributed by atoms with Gasteiger partial charge in [-0.15, -0.1) is 10.2 Å². The Kier molecular flexibility index (Phi) is 13.9. The van der Waals surface area contributed by atoms with E-state index in [0.29, 0.717) is 52.6 Å². The zero-order valence-corrected chi connectivity index (χ0v) is 22.3. The molecule has 12 nitrogen and oxygen atoms in total. The summed E-state index contributed by atoms with van der Waals surface area (Å²) in [7, 11) is 1.20. The van der Waals surface area contributed by atoms with Gasteiger partial charge in [0.05, 0.1) is 33.5 Å². The van der Waals surface area contributed by atoms with Crippen molar-refractivity contribution in [2.45, 2.75) is 43.6 Å². The fourth-order valence-corrected chi connectivity index (χ4v) is 3.41. The summed E-state index contributed by atoms with van der Waals surface area (Å²) in [5, 5.41) is 11.5. The molecule has 0 aliphatic carbocycles. The summed E-state index contributed by atoms with van der Waals surface area (Å²) in [5.74, 6) is -1.79. The lowest BCUT2D eigenvalue weighted by atomic mass is 10.0. The van der Waals surface area contributed by atoms with Crippen molar-refractivity contribution in [1.82, 2.24) is 10.6 Å². The number of nitrogens with two attached hydrogens (primary N) is 1. The normalized spacial score (nSPS) is 14.4. The molecule has 0 radical (unpaired) electrons. The first-order valence-electron chi connectivity index (χ1n) is 12.8. The molecule has 0 fully saturated rings. The Hall–Kier alpha value is -3.14. The Balaban J connectivity index is 1.75. The fourth-order valence-electron chi connectivity index (χ4n) is 3.41. The van der Waals surface area contributed by atoms with Crippen molar-refractivity contribution in [3.05, 3.63) is 35.4 Å². The molecule has 0 bridgehead atoms. The number of carbonyl (C=O) groups is 3. The van der Waals surface area contributed by atoms with Crippen LogP contribution in [0.25, 0.3) is 0 Å². The number of nitrogens with zero attached hydrogens (tertiary/aromatic N) is 2. The molecule has 1 aromatic rings. The second-order valence-corrected chi connectivity index (χ2v) is 8.71. The molecule has 15 heteroatoms. The van der Waals surface area contributed by atoms with Gasteiger partial charge in [-0.2, -0.15) is 13.2 Å². The predicted molar refractivity (Wildman–Crippen MR) is 135 cm³/mol. The van der Waals surface area contributed by atoms with E-state index < -0.39 is 35.7 Å². The molecular formula is C25H36F3N5O7. The summed E-state index contributed by atoms with van der Waals surface area (Å²) in [6.07, 6.45) is -3.57. The SMILES string of the molecule is COC(=O)CC[C@H](NC(=O)c1ccc(C2(C(F)(F)F)N=N2)cc1)C(=O)NCCCOCCOCCOCCCN. The largest absolute Gasteiger partial charge is 0.469 e. The van der Waals surface area contributed by atoms with Gasteiger partial charge in [-0.1, -0.05) is 12.1 Å². The average Bonchev–Trinajstić information content (AvgIpc) is 3.76. The topological polar surface area (TPSA) is 163 Å². The van der Waals surface area contributed by atoms with Crippen LogP contribution in [0.5, 0.6) is 0 Å². The highest BCUT2D eigenvalue weighted by atomic mass is 19.4. The van der Waals surface area contributed by atoms with Gasteiger partial charge in [0.1, 0.15) is 6.04 Å². The van der Waals surface area contributed by atoms with Crippen molar-refractivity contribution in [1.29, 1.82) is 0 Å². The van der Waals surface area contributed by atoms with Gasteiger partial charge in [-0.3, -0.25) is 14.4 Å². The highest BCUT2D eigenvalue weighted by molar-refractivity contribution is 5.97. The van der Waals surface area contributed by atoms with E-state index in [4.69, 9.17) is 19.9 Å². The molecule has 1 heterocycles. The minimum absolute atomic E-state index is 0.0235. The molecule has 0 aromatic heterocycles. The number of rotatable bonds is 20. The maximum Gasteiger partial charge on any atom is 0.442 e. The Morgan fingerprint density at radius 2 is 1.52 bits per heavy atom. The number of carbonyl (C=O) groups excluding carboxylic acids is 3. The van der Waals surface area contributed by atoms with Crippen LogP contribution < -0.4 is 16.4 Å². The standard InChI is InChI=1S/C25H36F3N5O7/c1-37-21(34)9-8-20(23(36)30-11-3-13-39-15-17-40-16-14-38-12-2-10-29)31-22(35)18-4-6-19(7-5-18)24(32-33-24)25(26,27)28/h4-7,20H,2-3,8-17,29H2,1H3,(H,30,36)(H,31,35)/t20-/m0/s1. The number of amides is 2. The summed E-state index contributed by atoms with van der Waals surface area (Å²) in [6.45, 7) is 3.50. The van der Waals surface area contributed by atoms with Gasteiger partial charge >= 0.3 is 17.8 Å². The second-order valence-electron chi connectivity index (χ2n) is 8.71. The molecule has 0 saturated carbocycles. The van der Waals surface area contributed by atoms with Crippen LogP contribution in [0.15, 0.2) is 34.5 Å². The van der Waals surface area contributed by atoms with Crippen molar-refractivity contribution in [2.75, 3.05) is 59.8 Å². The van der Waals surface area contributed by atoms with E-state index in [9.17, 15) is 27.6 Å². The molecule has 2 amide bonds. The van der Waals surface area contributed by atoms with Crippen LogP contribution >= 0.6 is 0 Å². The quantitative estimate of drug-likeness (QED) is 0.157. The third-order valence-electron chi connectivity index (χ3n) is 5.73.